The lowest BCUT2D eigenvalue weighted by Crippen LogP contribution is -2.21. The van der Waals surface area contributed by atoms with Gasteiger partial charge in [0.15, 0.2) is 0 Å². The molecule has 0 aliphatic heterocycles. The Morgan fingerprint density at radius 1 is 0.654 bits per heavy atom. The summed E-state index contributed by atoms with van der Waals surface area (Å²) in [7, 11) is 0. The molecule has 26 heavy (non-hydrogen) atoms. The quantitative estimate of drug-likeness (QED) is 0.367. The van der Waals surface area contributed by atoms with Gasteiger partial charge < -0.3 is 0 Å². The highest BCUT2D eigenvalue weighted by Crippen LogP contribution is 2.33. The highest BCUT2D eigenvalue weighted by atomic mass is 16.1. The van der Waals surface area contributed by atoms with Gasteiger partial charge in [0, 0.05) is 11.8 Å². The van der Waals surface area contributed by atoms with E-state index >= 15 is 0 Å². The summed E-state index contributed by atoms with van der Waals surface area (Å²) in [4.78, 5) is 13.6. The predicted octanol–water partition coefficient (Wildman–Crippen LogP) is 7.28. The number of carbonyl (C=O) groups is 1. The Morgan fingerprint density at radius 2 is 1.04 bits per heavy atom. The average Bonchev–Trinajstić information content (AvgIpc) is 2.70. The smallest absolute Gasteiger partial charge is 0.147 e. The van der Waals surface area contributed by atoms with Crippen molar-refractivity contribution in [3.8, 4) is 0 Å². The van der Waals surface area contributed by atoms with Crippen LogP contribution in [-0.2, 0) is 4.79 Å². The molecule has 0 heterocycles. The molecule has 0 spiro atoms. The molecule has 0 N–H and O–H groups in total. The first kappa shape index (κ1) is 20.4. The van der Waals surface area contributed by atoms with E-state index in [1.165, 1.54) is 36.8 Å². The Balaban J connectivity index is 2.24. The van der Waals surface area contributed by atoms with Crippen molar-refractivity contribution in [3.63, 3.8) is 0 Å². The van der Waals surface area contributed by atoms with Crippen LogP contribution in [0.25, 0.3) is 0 Å². The maximum Gasteiger partial charge on any atom is 0.147 e. The molecule has 1 nitrogen and oxygen atoms in total. The Morgan fingerprint density at radius 3 is 1.38 bits per heavy atom. The van der Waals surface area contributed by atoms with Gasteiger partial charge in [0.1, 0.15) is 5.78 Å². The summed E-state index contributed by atoms with van der Waals surface area (Å²) < 4.78 is 0. The third kappa shape index (κ3) is 6.12. The summed E-state index contributed by atoms with van der Waals surface area (Å²) in [5, 5.41) is 0. The fourth-order valence-electron chi connectivity index (χ4n) is 3.76. The maximum atomic E-state index is 13.6. The molecule has 0 aliphatic carbocycles. The molecule has 1 heteroatoms. The SMILES string of the molecule is CCCCCC(C(=O)C(CCCCC)c1ccccc1)c1ccccc1. The third-order valence-electron chi connectivity index (χ3n) is 5.28. The minimum Gasteiger partial charge on any atom is -0.298 e. The first-order valence-electron chi connectivity index (χ1n) is 10.4. The van der Waals surface area contributed by atoms with Crippen molar-refractivity contribution in [2.24, 2.45) is 0 Å². The summed E-state index contributed by atoms with van der Waals surface area (Å²) in [5.74, 6) is 0.457. The van der Waals surface area contributed by atoms with Gasteiger partial charge >= 0.3 is 0 Å². The molecule has 2 rings (SSSR count). The van der Waals surface area contributed by atoms with Gasteiger partial charge in [-0.2, -0.15) is 0 Å². The zero-order valence-corrected chi connectivity index (χ0v) is 16.5. The number of benzene rings is 2. The molecule has 0 bridgehead atoms. The zero-order valence-electron chi connectivity index (χ0n) is 16.5. The monoisotopic (exact) mass is 350 g/mol. The van der Waals surface area contributed by atoms with Gasteiger partial charge in [-0.05, 0) is 24.0 Å². The zero-order chi connectivity index (χ0) is 18.6. The van der Waals surface area contributed by atoms with Gasteiger partial charge in [0.2, 0.25) is 0 Å². The van der Waals surface area contributed by atoms with E-state index in [1.54, 1.807) is 0 Å². The van der Waals surface area contributed by atoms with Crippen LogP contribution in [0.1, 0.15) is 88.2 Å². The molecule has 140 valence electrons. The van der Waals surface area contributed by atoms with E-state index in [0.29, 0.717) is 5.78 Å². The van der Waals surface area contributed by atoms with E-state index in [2.05, 4.69) is 62.4 Å². The fraction of sp³-hybridized carbons (Fsp3) is 0.480. The first-order valence-corrected chi connectivity index (χ1v) is 10.4. The molecule has 0 saturated carbocycles. The van der Waals surface area contributed by atoms with Gasteiger partial charge in [0.05, 0.1) is 0 Å². The van der Waals surface area contributed by atoms with Gasteiger partial charge in [-0.15, -0.1) is 0 Å². The van der Waals surface area contributed by atoms with Crippen molar-refractivity contribution in [1.29, 1.82) is 0 Å². The number of Topliss-reactive ketones (excluding diaryl/α,β-unsaturated/α-hetero) is 1. The fourth-order valence-corrected chi connectivity index (χ4v) is 3.76. The minimum absolute atomic E-state index is 0.0228. The predicted molar refractivity (Wildman–Crippen MR) is 112 cm³/mol. The van der Waals surface area contributed by atoms with E-state index in [-0.39, 0.29) is 11.8 Å². The topological polar surface area (TPSA) is 17.1 Å². The highest BCUT2D eigenvalue weighted by molar-refractivity contribution is 5.91. The lowest BCUT2D eigenvalue weighted by Gasteiger charge is -2.23. The van der Waals surface area contributed by atoms with Gasteiger partial charge in [-0.3, -0.25) is 4.79 Å². The Hall–Kier alpha value is -1.89. The first-order chi connectivity index (χ1) is 12.8. The van der Waals surface area contributed by atoms with Crippen LogP contribution in [0.5, 0.6) is 0 Å². The third-order valence-corrected chi connectivity index (χ3v) is 5.28. The minimum atomic E-state index is 0.0228. The molecular formula is C25H34O. The number of ketones is 1. The van der Waals surface area contributed by atoms with Crippen molar-refractivity contribution < 1.29 is 4.79 Å². The molecule has 0 saturated heterocycles. The van der Waals surface area contributed by atoms with Crippen LogP contribution in [0.3, 0.4) is 0 Å². The second kappa shape index (κ2) is 11.7. The Kier molecular flexibility index (Phi) is 9.17. The standard InChI is InChI=1S/C25H34O/c1-3-5-9-19-23(21-15-11-7-12-16-21)25(26)24(20-10-6-4-2)22-17-13-8-14-18-22/h7-8,11-18,23-24H,3-6,9-10,19-20H2,1-2H3. The van der Waals surface area contributed by atoms with Gasteiger partial charge in [-0.1, -0.05) is 113 Å². The number of hydrogen-bond acceptors (Lipinski definition) is 1. The molecule has 2 atom stereocenters. The van der Waals surface area contributed by atoms with Crippen LogP contribution in [0, 0.1) is 0 Å². The van der Waals surface area contributed by atoms with Crippen molar-refractivity contribution in [2.75, 3.05) is 0 Å². The highest BCUT2D eigenvalue weighted by Gasteiger charge is 2.28. The summed E-state index contributed by atoms with van der Waals surface area (Å²) in [6.07, 6.45) is 8.95. The lowest BCUT2D eigenvalue weighted by molar-refractivity contribution is -0.122. The van der Waals surface area contributed by atoms with Crippen molar-refractivity contribution in [2.45, 2.75) is 77.0 Å². The van der Waals surface area contributed by atoms with E-state index in [0.717, 1.165) is 25.7 Å². The van der Waals surface area contributed by atoms with Crippen LogP contribution in [0.2, 0.25) is 0 Å². The van der Waals surface area contributed by atoms with Crippen LogP contribution in [-0.4, -0.2) is 5.78 Å². The van der Waals surface area contributed by atoms with Crippen molar-refractivity contribution in [1.82, 2.24) is 0 Å². The lowest BCUT2D eigenvalue weighted by atomic mass is 9.79. The van der Waals surface area contributed by atoms with E-state index in [9.17, 15) is 4.79 Å². The Bertz CT molecular complexity index is 562. The number of unbranched alkanes of at least 4 members (excludes halogenated alkanes) is 4. The van der Waals surface area contributed by atoms with Crippen LogP contribution in [0.15, 0.2) is 60.7 Å². The summed E-state index contributed by atoms with van der Waals surface area (Å²) in [6.45, 7) is 4.44. The molecule has 0 aromatic heterocycles. The van der Waals surface area contributed by atoms with Crippen LogP contribution < -0.4 is 0 Å². The van der Waals surface area contributed by atoms with Crippen LogP contribution >= 0.6 is 0 Å². The molecule has 2 aromatic rings. The second-order valence-electron chi connectivity index (χ2n) is 7.32. The molecular weight excluding hydrogens is 316 g/mol. The molecule has 0 amide bonds. The maximum absolute atomic E-state index is 13.6. The van der Waals surface area contributed by atoms with E-state index < -0.39 is 0 Å². The van der Waals surface area contributed by atoms with Crippen molar-refractivity contribution >= 4 is 5.78 Å². The summed E-state index contributed by atoms with van der Waals surface area (Å²) >= 11 is 0. The molecule has 0 aliphatic rings. The average molecular weight is 351 g/mol. The number of carbonyl (C=O) groups excluding carboxylic acids is 1. The number of rotatable bonds is 12. The van der Waals surface area contributed by atoms with Gasteiger partial charge in [-0.25, -0.2) is 0 Å². The summed E-state index contributed by atoms with van der Waals surface area (Å²) in [6, 6.07) is 20.8. The van der Waals surface area contributed by atoms with E-state index in [4.69, 9.17) is 0 Å². The molecule has 2 aromatic carbocycles. The molecule has 0 fully saturated rings. The summed E-state index contributed by atoms with van der Waals surface area (Å²) in [5.41, 5.74) is 2.37. The van der Waals surface area contributed by atoms with Crippen molar-refractivity contribution in [3.05, 3.63) is 71.8 Å². The molecule has 0 radical (unpaired) electrons. The number of hydrogen-bond donors (Lipinski definition) is 0. The van der Waals surface area contributed by atoms with Gasteiger partial charge in [0.25, 0.3) is 0 Å². The normalized spacial score (nSPS) is 13.3. The Labute approximate surface area is 159 Å². The molecule has 2 unspecified atom stereocenters. The second-order valence-corrected chi connectivity index (χ2v) is 7.32. The van der Waals surface area contributed by atoms with Crippen LogP contribution in [0.4, 0.5) is 0 Å². The largest absolute Gasteiger partial charge is 0.298 e. The van der Waals surface area contributed by atoms with E-state index in [1.807, 2.05) is 12.1 Å².